The van der Waals surface area contributed by atoms with Crippen molar-refractivity contribution >= 4 is 0 Å². The summed E-state index contributed by atoms with van der Waals surface area (Å²) in [6, 6.07) is 0.534. The number of oxazole rings is 1. The number of hydrogen-bond acceptors (Lipinski definition) is 4. The monoisotopic (exact) mass is 234 g/mol. The normalized spacial score (nSPS) is 11.1. The number of nitrogens with zero attached hydrogens (tertiary/aromatic N) is 3. The van der Waals surface area contributed by atoms with Crippen LogP contribution in [-0.4, -0.2) is 21.3 Å². The molecule has 0 spiro atoms. The van der Waals surface area contributed by atoms with Crippen molar-refractivity contribution in [3.05, 3.63) is 28.9 Å². The molecule has 2 rings (SSSR count). The fourth-order valence-corrected chi connectivity index (χ4v) is 1.63. The van der Waals surface area contributed by atoms with Gasteiger partial charge in [0.15, 0.2) is 0 Å². The van der Waals surface area contributed by atoms with Gasteiger partial charge in [-0.15, -0.1) is 0 Å². The lowest BCUT2D eigenvalue weighted by Crippen LogP contribution is -2.12. The van der Waals surface area contributed by atoms with Gasteiger partial charge in [-0.2, -0.15) is 14.8 Å². The van der Waals surface area contributed by atoms with Crippen LogP contribution in [0.4, 0.5) is 0 Å². The van der Waals surface area contributed by atoms with Gasteiger partial charge in [0.1, 0.15) is 6.26 Å². The Labute approximate surface area is 101 Å². The molecule has 0 amide bonds. The van der Waals surface area contributed by atoms with E-state index in [2.05, 4.69) is 29.2 Å². The van der Waals surface area contributed by atoms with Crippen LogP contribution >= 0.6 is 0 Å². The van der Waals surface area contributed by atoms with Crippen molar-refractivity contribution < 1.29 is 4.42 Å². The van der Waals surface area contributed by atoms with Gasteiger partial charge in [0.25, 0.3) is 0 Å². The minimum Gasteiger partial charge on any atom is -0.430 e. The Morgan fingerprint density at radius 3 is 2.71 bits per heavy atom. The minimum atomic E-state index is 0.534. The fraction of sp³-hybridized carbons (Fsp3) is 0.500. The molecule has 17 heavy (non-hydrogen) atoms. The van der Waals surface area contributed by atoms with E-state index in [0.29, 0.717) is 6.01 Å². The molecule has 0 fully saturated rings. The van der Waals surface area contributed by atoms with Crippen LogP contribution in [0.15, 0.2) is 10.7 Å². The van der Waals surface area contributed by atoms with E-state index < -0.39 is 0 Å². The molecule has 92 valence electrons. The first-order valence-corrected chi connectivity index (χ1v) is 5.81. The van der Waals surface area contributed by atoms with E-state index in [0.717, 1.165) is 30.2 Å². The number of hydrogen-bond donors (Lipinski definition) is 1. The quantitative estimate of drug-likeness (QED) is 0.877. The third-order valence-corrected chi connectivity index (χ3v) is 2.93. The van der Waals surface area contributed by atoms with Crippen LogP contribution in [0.3, 0.4) is 0 Å². The predicted molar refractivity (Wildman–Crippen MR) is 65.2 cm³/mol. The first kappa shape index (κ1) is 11.9. The molecule has 0 saturated heterocycles. The summed E-state index contributed by atoms with van der Waals surface area (Å²) < 4.78 is 7.20. The molecule has 5 heteroatoms. The van der Waals surface area contributed by atoms with Crippen molar-refractivity contribution in [2.24, 2.45) is 0 Å². The van der Waals surface area contributed by atoms with E-state index in [-0.39, 0.29) is 0 Å². The zero-order valence-electron chi connectivity index (χ0n) is 10.7. The van der Waals surface area contributed by atoms with Crippen LogP contribution in [0.2, 0.25) is 0 Å². The Balaban J connectivity index is 2.27. The van der Waals surface area contributed by atoms with Gasteiger partial charge in [-0.3, -0.25) is 0 Å². The largest absolute Gasteiger partial charge is 0.430 e. The lowest BCUT2D eigenvalue weighted by atomic mass is 10.2. The van der Waals surface area contributed by atoms with Crippen molar-refractivity contribution in [2.45, 2.75) is 34.2 Å². The van der Waals surface area contributed by atoms with E-state index in [1.54, 1.807) is 10.9 Å². The Bertz CT molecular complexity index is 513. The lowest BCUT2D eigenvalue weighted by Gasteiger charge is -1.97. The van der Waals surface area contributed by atoms with Gasteiger partial charge >= 0.3 is 6.01 Å². The molecule has 0 aliphatic heterocycles. The molecule has 0 aromatic carbocycles. The molecule has 1 N–H and O–H groups in total. The summed E-state index contributed by atoms with van der Waals surface area (Å²) in [6.45, 7) is 9.76. The first-order valence-electron chi connectivity index (χ1n) is 5.81. The van der Waals surface area contributed by atoms with E-state index in [1.165, 1.54) is 5.56 Å². The molecule has 2 aromatic heterocycles. The summed E-state index contributed by atoms with van der Waals surface area (Å²) in [4.78, 5) is 4.40. The molecule has 0 bridgehead atoms. The average Bonchev–Trinajstić information content (AvgIpc) is 2.87. The summed E-state index contributed by atoms with van der Waals surface area (Å²) in [5, 5.41) is 7.62. The van der Waals surface area contributed by atoms with E-state index in [9.17, 15) is 0 Å². The predicted octanol–water partition coefficient (Wildman–Crippen LogP) is 1.90. The van der Waals surface area contributed by atoms with Gasteiger partial charge in [0.05, 0.1) is 11.4 Å². The van der Waals surface area contributed by atoms with Crippen molar-refractivity contribution in [2.75, 3.05) is 6.54 Å². The molecule has 5 nitrogen and oxygen atoms in total. The van der Waals surface area contributed by atoms with Gasteiger partial charge < -0.3 is 9.73 Å². The maximum absolute atomic E-state index is 5.45. The van der Waals surface area contributed by atoms with Crippen LogP contribution in [-0.2, 0) is 6.54 Å². The fourth-order valence-electron chi connectivity index (χ4n) is 1.63. The highest BCUT2D eigenvalue weighted by Gasteiger charge is 2.13. The summed E-state index contributed by atoms with van der Waals surface area (Å²) in [6.07, 6.45) is 1.67. The molecule has 2 aromatic rings. The number of nitrogens with one attached hydrogen (secondary N) is 1. The number of aryl methyl sites for hydroxylation is 1. The molecule has 0 radical (unpaired) electrons. The molecule has 2 heterocycles. The van der Waals surface area contributed by atoms with Crippen LogP contribution in [0.1, 0.15) is 29.6 Å². The third-order valence-electron chi connectivity index (χ3n) is 2.93. The standard InChI is InChI=1S/C12H18N4O/c1-5-13-6-11-7-17-12(14-11)16-10(4)8(2)9(3)15-16/h7,13H,5-6H2,1-4H3. The van der Waals surface area contributed by atoms with Crippen LogP contribution < -0.4 is 5.32 Å². The molecule has 0 aliphatic rings. The zero-order chi connectivity index (χ0) is 12.4. The highest BCUT2D eigenvalue weighted by Crippen LogP contribution is 2.16. The Kier molecular flexibility index (Phi) is 3.28. The van der Waals surface area contributed by atoms with E-state index >= 15 is 0 Å². The Hall–Kier alpha value is -1.62. The zero-order valence-corrected chi connectivity index (χ0v) is 10.7. The highest BCUT2D eigenvalue weighted by atomic mass is 16.4. The topological polar surface area (TPSA) is 55.9 Å². The van der Waals surface area contributed by atoms with Crippen LogP contribution in [0.25, 0.3) is 6.01 Å². The summed E-state index contributed by atoms with van der Waals surface area (Å²) in [5.74, 6) is 0. The van der Waals surface area contributed by atoms with Gasteiger partial charge in [-0.05, 0) is 32.9 Å². The molecular formula is C12H18N4O. The summed E-state index contributed by atoms with van der Waals surface area (Å²) >= 11 is 0. The average molecular weight is 234 g/mol. The van der Waals surface area contributed by atoms with Crippen molar-refractivity contribution in [3.63, 3.8) is 0 Å². The number of rotatable bonds is 4. The van der Waals surface area contributed by atoms with Gasteiger partial charge in [-0.25, -0.2) is 0 Å². The lowest BCUT2D eigenvalue weighted by molar-refractivity contribution is 0.504. The third kappa shape index (κ3) is 2.24. The second-order valence-corrected chi connectivity index (χ2v) is 4.11. The molecule has 0 aliphatic carbocycles. The maximum Gasteiger partial charge on any atom is 0.323 e. The summed E-state index contributed by atoms with van der Waals surface area (Å²) in [5.41, 5.74) is 4.15. The number of aromatic nitrogens is 3. The second kappa shape index (κ2) is 4.71. The van der Waals surface area contributed by atoms with Crippen molar-refractivity contribution in [1.29, 1.82) is 0 Å². The van der Waals surface area contributed by atoms with Crippen molar-refractivity contribution in [3.8, 4) is 6.01 Å². The summed E-state index contributed by atoms with van der Waals surface area (Å²) in [7, 11) is 0. The first-order chi connectivity index (χ1) is 8.13. The second-order valence-electron chi connectivity index (χ2n) is 4.11. The maximum atomic E-state index is 5.45. The highest BCUT2D eigenvalue weighted by molar-refractivity contribution is 5.27. The Morgan fingerprint density at radius 1 is 1.35 bits per heavy atom. The van der Waals surface area contributed by atoms with Gasteiger partial charge in [0.2, 0.25) is 0 Å². The van der Waals surface area contributed by atoms with Gasteiger partial charge in [0, 0.05) is 12.2 Å². The van der Waals surface area contributed by atoms with E-state index in [1.807, 2.05) is 13.8 Å². The molecule has 0 saturated carbocycles. The SMILES string of the molecule is CCNCc1coc(-n2nc(C)c(C)c2C)n1. The van der Waals surface area contributed by atoms with Crippen LogP contribution in [0.5, 0.6) is 0 Å². The minimum absolute atomic E-state index is 0.534. The Morgan fingerprint density at radius 2 is 2.12 bits per heavy atom. The van der Waals surface area contributed by atoms with Gasteiger partial charge in [-0.1, -0.05) is 6.92 Å². The van der Waals surface area contributed by atoms with Crippen LogP contribution in [0, 0.1) is 20.8 Å². The molecule has 0 unspecified atom stereocenters. The van der Waals surface area contributed by atoms with Crippen molar-refractivity contribution in [1.82, 2.24) is 20.1 Å². The smallest absolute Gasteiger partial charge is 0.323 e. The molecule has 0 atom stereocenters. The molecular weight excluding hydrogens is 216 g/mol. The van der Waals surface area contributed by atoms with E-state index in [4.69, 9.17) is 4.42 Å².